The molecule has 0 saturated carbocycles. The fourth-order valence-electron chi connectivity index (χ4n) is 6.58. The Morgan fingerprint density at radius 3 is 1.47 bits per heavy atom. The number of nitro groups is 2. The van der Waals surface area contributed by atoms with E-state index in [0.717, 1.165) is 26.7 Å². The standard InChI is InChI=1S/C22H21N3O4S.C16H16BrN3O4S/c1-23-13-14-24(30(28,29)22-10-6-5-9-21(22)25(26)27)20-12-11-18(15-19(20)16-23)17-7-3-2-4-8-17;1-18-8-9-19(14-7-6-13(17)10-12(14)11-18)25(23,24)16-5-3-2-4-15(16)20(21)22/h2-12,15H,13-14,16H2,1H3;2-7,10H,8-9,11H2,1H3. The highest BCUT2D eigenvalue weighted by Gasteiger charge is 2.35. The summed E-state index contributed by atoms with van der Waals surface area (Å²) in [6.07, 6.45) is 0. The number of halogens is 1. The minimum absolute atomic E-state index is 0.211. The molecule has 0 unspecified atom stereocenters. The van der Waals surface area contributed by atoms with Crippen molar-refractivity contribution in [3.05, 3.63) is 151 Å². The van der Waals surface area contributed by atoms with Crippen LogP contribution in [0.15, 0.2) is 130 Å². The molecule has 0 spiro atoms. The molecule has 0 aromatic heterocycles. The molecule has 7 rings (SSSR count). The number of para-hydroxylation sites is 2. The molecular weight excluding hydrogens is 812 g/mol. The van der Waals surface area contributed by atoms with Crippen molar-refractivity contribution in [2.24, 2.45) is 0 Å². The zero-order valence-electron chi connectivity index (χ0n) is 29.9. The topological polar surface area (TPSA) is 168 Å². The van der Waals surface area contributed by atoms with E-state index in [2.05, 4.69) is 15.9 Å². The lowest BCUT2D eigenvalue weighted by atomic mass is 10.0. The van der Waals surface area contributed by atoms with Crippen molar-refractivity contribution in [2.75, 3.05) is 48.9 Å². The van der Waals surface area contributed by atoms with E-state index in [1.165, 1.54) is 57.1 Å². The van der Waals surface area contributed by atoms with Crippen LogP contribution in [0.2, 0.25) is 0 Å². The Balaban J connectivity index is 0.000000190. The molecule has 2 heterocycles. The summed E-state index contributed by atoms with van der Waals surface area (Å²) in [6.45, 7) is 2.64. The van der Waals surface area contributed by atoms with Gasteiger partial charge in [0.05, 0.1) is 21.2 Å². The average molecular weight is 850 g/mol. The first-order chi connectivity index (χ1) is 26.2. The fourth-order valence-corrected chi connectivity index (χ4v) is 10.3. The van der Waals surface area contributed by atoms with Crippen LogP contribution in [0.3, 0.4) is 0 Å². The summed E-state index contributed by atoms with van der Waals surface area (Å²) in [4.78, 5) is 24.8. The lowest BCUT2D eigenvalue weighted by molar-refractivity contribution is -0.388. The average Bonchev–Trinajstić information content (AvgIpc) is 3.45. The van der Waals surface area contributed by atoms with E-state index in [4.69, 9.17) is 0 Å². The number of hydrogen-bond donors (Lipinski definition) is 0. The Morgan fingerprint density at radius 2 is 0.982 bits per heavy atom. The van der Waals surface area contributed by atoms with Gasteiger partial charge in [0.2, 0.25) is 0 Å². The number of likely N-dealkylation sites (N-methyl/N-ethyl adjacent to an activating group) is 2. The van der Waals surface area contributed by atoms with E-state index in [-0.39, 0.29) is 22.9 Å². The number of rotatable bonds is 7. The van der Waals surface area contributed by atoms with Crippen molar-refractivity contribution < 1.29 is 26.7 Å². The van der Waals surface area contributed by atoms with E-state index < -0.39 is 41.3 Å². The molecule has 17 heteroatoms. The second-order valence-electron chi connectivity index (χ2n) is 13.1. The third kappa shape index (κ3) is 8.40. The fraction of sp³-hybridized carbons (Fsp3) is 0.211. The van der Waals surface area contributed by atoms with Gasteiger partial charge in [0.25, 0.3) is 31.4 Å². The molecule has 0 fully saturated rings. The largest absolute Gasteiger partial charge is 0.300 e. The van der Waals surface area contributed by atoms with Gasteiger partial charge >= 0.3 is 0 Å². The molecule has 0 atom stereocenters. The Labute approximate surface area is 327 Å². The monoisotopic (exact) mass is 848 g/mol. The summed E-state index contributed by atoms with van der Waals surface area (Å²) in [6, 6.07) is 31.8. The van der Waals surface area contributed by atoms with Crippen LogP contribution in [0.4, 0.5) is 22.7 Å². The van der Waals surface area contributed by atoms with E-state index in [1.807, 2.05) is 72.4 Å². The number of nitrogens with zero attached hydrogens (tertiary/aromatic N) is 6. The van der Waals surface area contributed by atoms with Crippen molar-refractivity contribution in [1.82, 2.24) is 9.80 Å². The maximum absolute atomic E-state index is 13.5. The normalized spacial score (nSPS) is 15.1. The number of sulfonamides is 2. The third-order valence-corrected chi connectivity index (χ3v) is 13.5. The van der Waals surface area contributed by atoms with Crippen LogP contribution in [0.1, 0.15) is 11.1 Å². The van der Waals surface area contributed by atoms with Crippen molar-refractivity contribution in [3.8, 4) is 11.1 Å². The van der Waals surface area contributed by atoms with Crippen LogP contribution in [0.5, 0.6) is 0 Å². The SMILES string of the molecule is CN1CCN(S(=O)(=O)c2ccccc2[N+](=O)[O-])c2ccc(-c3ccccc3)cc2C1.CN1CCN(S(=O)(=O)c2ccccc2[N+](=O)[O-])c2ccc(Br)cc2C1. The molecule has 0 radical (unpaired) electrons. The first-order valence-electron chi connectivity index (χ1n) is 17.0. The van der Waals surface area contributed by atoms with Gasteiger partial charge in [-0.25, -0.2) is 16.8 Å². The molecule has 55 heavy (non-hydrogen) atoms. The zero-order chi connectivity index (χ0) is 39.5. The summed E-state index contributed by atoms with van der Waals surface area (Å²) in [7, 11) is -4.33. The summed E-state index contributed by atoms with van der Waals surface area (Å²) in [5, 5.41) is 22.7. The molecule has 2 aliphatic rings. The summed E-state index contributed by atoms with van der Waals surface area (Å²) >= 11 is 3.41. The van der Waals surface area contributed by atoms with Crippen molar-refractivity contribution in [2.45, 2.75) is 22.9 Å². The van der Waals surface area contributed by atoms with Crippen LogP contribution in [0, 0.1) is 20.2 Å². The van der Waals surface area contributed by atoms with Gasteiger partial charge in [-0.2, -0.15) is 0 Å². The molecule has 14 nitrogen and oxygen atoms in total. The van der Waals surface area contributed by atoms with Crippen LogP contribution in [-0.2, 0) is 33.1 Å². The molecule has 0 bridgehead atoms. The van der Waals surface area contributed by atoms with Gasteiger partial charge in [-0.15, -0.1) is 0 Å². The van der Waals surface area contributed by atoms with Crippen LogP contribution in [-0.4, -0.2) is 76.8 Å². The summed E-state index contributed by atoms with van der Waals surface area (Å²) < 4.78 is 56.8. The van der Waals surface area contributed by atoms with Gasteiger partial charge in [-0.1, -0.05) is 76.6 Å². The smallest absolute Gasteiger partial charge is 0.289 e. The molecule has 0 saturated heterocycles. The Bertz CT molecular complexity index is 2470. The van der Waals surface area contributed by atoms with Gasteiger partial charge in [0.15, 0.2) is 9.79 Å². The molecule has 5 aromatic carbocycles. The zero-order valence-corrected chi connectivity index (χ0v) is 33.1. The van der Waals surface area contributed by atoms with Crippen molar-refractivity contribution >= 4 is 58.7 Å². The number of fused-ring (bicyclic) bond motifs is 2. The van der Waals surface area contributed by atoms with E-state index in [1.54, 1.807) is 18.2 Å². The Morgan fingerprint density at radius 1 is 0.545 bits per heavy atom. The number of nitro benzene ring substituents is 2. The van der Waals surface area contributed by atoms with Crippen molar-refractivity contribution in [1.29, 1.82) is 0 Å². The molecule has 2 aliphatic heterocycles. The quantitative estimate of drug-likeness (QED) is 0.124. The minimum atomic E-state index is -4.11. The number of benzene rings is 5. The van der Waals surface area contributed by atoms with E-state index in [0.29, 0.717) is 37.6 Å². The number of anilines is 2. The number of hydrogen-bond acceptors (Lipinski definition) is 10. The second kappa shape index (κ2) is 16.3. The third-order valence-electron chi connectivity index (χ3n) is 9.28. The predicted octanol–water partition coefficient (Wildman–Crippen LogP) is 6.90. The molecular formula is C38H37BrN6O8S2. The maximum atomic E-state index is 13.5. The van der Waals surface area contributed by atoms with Gasteiger partial charge in [-0.05, 0) is 78.8 Å². The highest BCUT2D eigenvalue weighted by molar-refractivity contribution is 9.10. The highest BCUT2D eigenvalue weighted by atomic mass is 79.9. The highest BCUT2D eigenvalue weighted by Crippen LogP contribution is 2.37. The maximum Gasteiger partial charge on any atom is 0.289 e. The summed E-state index contributed by atoms with van der Waals surface area (Å²) in [5.74, 6) is 0. The molecule has 0 amide bonds. The molecule has 286 valence electrons. The van der Waals surface area contributed by atoms with Gasteiger partial charge in [0.1, 0.15) is 0 Å². The van der Waals surface area contributed by atoms with Crippen LogP contribution >= 0.6 is 15.9 Å². The van der Waals surface area contributed by atoms with Crippen LogP contribution in [0.25, 0.3) is 11.1 Å². The first kappa shape index (κ1) is 39.5. The van der Waals surface area contributed by atoms with Gasteiger partial charge in [0, 0.05) is 55.9 Å². The van der Waals surface area contributed by atoms with Gasteiger partial charge in [-0.3, -0.25) is 28.8 Å². The molecule has 5 aromatic rings. The first-order valence-corrected chi connectivity index (χ1v) is 20.7. The summed E-state index contributed by atoms with van der Waals surface area (Å²) in [5.41, 5.74) is 4.00. The Kier molecular flexibility index (Phi) is 11.7. The van der Waals surface area contributed by atoms with Gasteiger partial charge < -0.3 is 9.80 Å². The second-order valence-corrected chi connectivity index (χ2v) is 17.6. The molecule has 0 aliphatic carbocycles. The lowest BCUT2D eigenvalue weighted by Gasteiger charge is -2.24. The molecule has 0 N–H and O–H groups in total. The Hall–Kier alpha value is -5.20. The van der Waals surface area contributed by atoms with Crippen molar-refractivity contribution in [3.63, 3.8) is 0 Å². The lowest BCUT2D eigenvalue weighted by Crippen LogP contribution is -2.35. The van der Waals surface area contributed by atoms with E-state index >= 15 is 0 Å². The van der Waals surface area contributed by atoms with E-state index in [9.17, 15) is 37.1 Å². The predicted molar refractivity (Wildman–Crippen MR) is 214 cm³/mol. The van der Waals surface area contributed by atoms with Crippen LogP contribution < -0.4 is 8.61 Å². The minimum Gasteiger partial charge on any atom is -0.300 e.